The summed E-state index contributed by atoms with van der Waals surface area (Å²) in [6.45, 7) is 5.91. The minimum atomic E-state index is -0.717. The van der Waals surface area contributed by atoms with Crippen LogP contribution in [0.25, 0.3) is 0 Å². The predicted octanol–water partition coefficient (Wildman–Crippen LogP) is 3.71. The fraction of sp³-hybridized carbons (Fsp3) is 0.300. The number of hydrogen-bond donors (Lipinski definition) is 2. The van der Waals surface area contributed by atoms with Gasteiger partial charge in [-0.1, -0.05) is 44.2 Å². The molecule has 0 aliphatic rings. The van der Waals surface area contributed by atoms with E-state index in [0.717, 1.165) is 12.0 Å². The van der Waals surface area contributed by atoms with Crippen LogP contribution in [-0.2, 0) is 4.79 Å². The van der Waals surface area contributed by atoms with Gasteiger partial charge in [-0.05, 0) is 43.0 Å². The normalized spacial score (nSPS) is 12.9. The predicted molar refractivity (Wildman–Crippen MR) is 98.8 cm³/mol. The zero-order valence-electron chi connectivity index (χ0n) is 14.8. The van der Waals surface area contributed by atoms with Crippen molar-refractivity contribution in [2.45, 2.75) is 39.2 Å². The molecule has 0 aromatic heterocycles. The first kappa shape index (κ1) is 18.5. The number of anilines is 1. The molecule has 2 rings (SSSR count). The van der Waals surface area contributed by atoms with Crippen LogP contribution in [0.4, 0.5) is 5.69 Å². The molecular formula is C20H24N2O3. The summed E-state index contributed by atoms with van der Waals surface area (Å²) in [5.74, 6) is 0.101. The van der Waals surface area contributed by atoms with Gasteiger partial charge in [-0.15, -0.1) is 0 Å². The first-order chi connectivity index (χ1) is 11.9. The summed E-state index contributed by atoms with van der Waals surface area (Å²) in [5, 5.41) is 2.71. The van der Waals surface area contributed by atoms with Crippen molar-refractivity contribution in [3.63, 3.8) is 0 Å². The molecule has 5 heteroatoms. The van der Waals surface area contributed by atoms with Crippen molar-refractivity contribution in [3.8, 4) is 5.75 Å². The van der Waals surface area contributed by atoms with Crippen molar-refractivity contribution < 1.29 is 14.3 Å². The lowest BCUT2D eigenvalue weighted by Gasteiger charge is -2.20. The maximum atomic E-state index is 12.5. The molecule has 2 aromatic rings. The highest BCUT2D eigenvalue weighted by molar-refractivity contribution is 6.03. The second-order valence-electron chi connectivity index (χ2n) is 6.01. The second-order valence-corrected chi connectivity index (χ2v) is 6.01. The summed E-state index contributed by atoms with van der Waals surface area (Å²) in [7, 11) is 0. The van der Waals surface area contributed by atoms with E-state index in [1.54, 1.807) is 31.2 Å². The van der Waals surface area contributed by atoms with Crippen LogP contribution in [0.1, 0.15) is 49.0 Å². The standard InChI is InChI=1S/C20H24N2O3/c1-4-13(2)15-9-6-8-12-18(15)25-14(3)20(24)22-17-11-7-5-10-16(17)19(21)23/h5-14H,4H2,1-3H3,(H2,21,23)(H,22,24)/t13-,14-/m1/s1. The lowest BCUT2D eigenvalue weighted by molar-refractivity contribution is -0.122. The van der Waals surface area contributed by atoms with Gasteiger partial charge in [0.05, 0.1) is 11.3 Å². The number of hydrogen-bond acceptors (Lipinski definition) is 3. The Morgan fingerprint density at radius 1 is 1.08 bits per heavy atom. The van der Waals surface area contributed by atoms with Crippen molar-refractivity contribution in [3.05, 3.63) is 59.7 Å². The van der Waals surface area contributed by atoms with Gasteiger partial charge in [0, 0.05) is 0 Å². The van der Waals surface area contributed by atoms with E-state index in [0.29, 0.717) is 17.4 Å². The van der Waals surface area contributed by atoms with E-state index in [9.17, 15) is 9.59 Å². The Morgan fingerprint density at radius 3 is 2.40 bits per heavy atom. The Morgan fingerprint density at radius 2 is 1.72 bits per heavy atom. The van der Waals surface area contributed by atoms with Crippen molar-refractivity contribution in [2.24, 2.45) is 5.73 Å². The number of nitrogens with two attached hydrogens (primary N) is 1. The molecule has 0 unspecified atom stereocenters. The van der Waals surface area contributed by atoms with E-state index in [-0.39, 0.29) is 11.5 Å². The topological polar surface area (TPSA) is 81.4 Å². The van der Waals surface area contributed by atoms with Crippen LogP contribution in [0.5, 0.6) is 5.75 Å². The average molecular weight is 340 g/mol. The number of benzene rings is 2. The molecule has 0 aliphatic heterocycles. The third-order valence-electron chi connectivity index (χ3n) is 4.19. The minimum Gasteiger partial charge on any atom is -0.481 e. The smallest absolute Gasteiger partial charge is 0.265 e. The van der Waals surface area contributed by atoms with E-state index in [2.05, 4.69) is 19.2 Å². The number of carbonyl (C=O) groups excluding carboxylic acids is 2. The highest BCUT2D eigenvalue weighted by atomic mass is 16.5. The Kier molecular flexibility index (Phi) is 6.17. The lowest BCUT2D eigenvalue weighted by Crippen LogP contribution is -2.31. The summed E-state index contributed by atoms with van der Waals surface area (Å²) in [4.78, 5) is 23.9. The largest absolute Gasteiger partial charge is 0.481 e. The number of ether oxygens (including phenoxy) is 1. The molecule has 0 saturated heterocycles. The number of carbonyl (C=O) groups is 2. The van der Waals surface area contributed by atoms with Gasteiger partial charge >= 0.3 is 0 Å². The van der Waals surface area contributed by atoms with Crippen LogP contribution in [0.15, 0.2) is 48.5 Å². The number of nitrogens with one attached hydrogen (secondary N) is 1. The molecule has 0 bridgehead atoms. The van der Waals surface area contributed by atoms with E-state index in [1.807, 2.05) is 24.3 Å². The van der Waals surface area contributed by atoms with Crippen molar-refractivity contribution in [1.82, 2.24) is 0 Å². The third-order valence-corrected chi connectivity index (χ3v) is 4.19. The molecule has 0 saturated carbocycles. The summed E-state index contributed by atoms with van der Waals surface area (Å²) < 4.78 is 5.87. The summed E-state index contributed by atoms with van der Waals surface area (Å²) in [6, 6.07) is 14.3. The van der Waals surface area contributed by atoms with Crippen LogP contribution in [0.2, 0.25) is 0 Å². The second kappa shape index (κ2) is 8.33. The molecule has 0 heterocycles. The van der Waals surface area contributed by atoms with Gasteiger partial charge in [-0.3, -0.25) is 9.59 Å². The zero-order chi connectivity index (χ0) is 18.4. The molecule has 2 amide bonds. The lowest BCUT2D eigenvalue weighted by atomic mass is 9.98. The fourth-order valence-corrected chi connectivity index (χ4v) is 2.50. The van der Waals surface area contributed by atoms with Crippen LogP contribution < -0.4 is 15.8 Å². The van der Waals surface area contributed by atoms with Gasteiger partial charge < -0.3 is 15.8 Å². The minimum absolute atomic E-state index is 0.267. The highest BCUT2D eigenvalue weighted by Crippen LogP contribution is 2.29. The van der Waals surface area contributed by atoms with Gasteiger partial charge in [-0.25, -0.2) is 0 Å². The Balaban J connectivity index is 2.13. The maximum Gasteiger partial charge on any atom is 0.265 e. The summed E-state index contributed by atoms with van der Waals surface area (Å²) in [6.07, 6.45) is 0.263. The quantitative estimate of drug-likeness (QED) is 0.806. The first-order valence-corrected chi connectivity index (χ1v) is 8.39. The molecule has 132 valence electrons. The molecule has 0 spiro atoms. The number of rotatable bonds is 7. The van der Waals surface area contributed by atoms with Gasteiger partial charge in [0.15, 0.2) is 6.10 Å². The molecular weight excluding hydrogens is 316 g/mol. The van der Waals surface area contributed by atoms with E-state index < -0.39 is 12.0 Å². The van der Waals surface area contributed by atoms with Gasteiger partial charge in [0.25, 0.3) is 11.8 Å². The molecule has 5 nitrogen and oxygen atoms in total. The van der Waals surface area contributed by atoms with Crippen LogP contribution in [-0.4, -0.2) is 17.9 Å². The van der Waals surface area contributed by atoms with E-state index in [4.69, 9.17) is 10.5 Å². The third kappa shape index (κ3) is 4.59. The molecule has 25 heavy (non-hydrogen) atoms. The van der Waals surface area contributed by atoms with Crippen LogP contribution in [0, 0.1) is 0 Å². The SMILES string of the molecule is CC[C@@H](C)c1ccccc1O[C@H](C)C(=O)Nc1ccccc1C(N)=O. The monoisotopic (exact) mass is 340 g/mol. The molecule has 0 radical (unpaired) electrons. The van der Waals surface area contributed by atoms with Crippen molar-refractivity contribution >= 4 is 17.5 Å². The Hall–Kier alpha value is -2.82. The summed E-state index contributed by atoms with van der Waals surface area (Å²) >= 11 is 0. The summed E-state index contributed by atoms with van der Waals surface area (Å²) in [5.41, 5.74) is 7.06. The zero-order valence-corrected chi connectivity index (χ0v) is 14.8. The van der Waals surface area contributed by atoms with Gasteiger partial charge in [-0.2, -0.15) is 0 Å². The van der Waals surface area contributed by atoms with Crippen LogP contribution >= 0.6 is 0 Å². The number of amides is 2. The van der Waals surface area contributed by atoms with Crippen LogP contribution in [0.3, 0.4) is 0 Å². The van der Waals surface area contributed by atoms with Gasteiger partial charge in [0.1, 0.15) is 5.75 Å². The number of para-hydroxylation sites is 2. The Labute approximate surface area is 148 Å². The average Bonchev–Trinajstić information content (AvgIpc) is 2.61. The molecule has 3 N–H and O–H groups in total. The fourth-order valence-electron chi connectivity index (χ4n) is 2.50. The van der Waals surface area contributed by atoms with E-state index >= 15 is 0 Å². The van der Waals surface area contributed by atoms with E-state index in [1.165, 1.54) is 0 Å². The molecule has 2 atom stereocenters. The molecule has 0 fully saturated rings. The number of primary amides is 1. The molecule has 2 aromatic carbocycles. The first-order valence-electron chi connectivity index (χ1n) is 8.39. The van der Waals surface area contributed by atoms with Crippen molar-refractivity contribution in [1.29, 1.82) is 0 Å². The van der Waals surface area contributed by atoms with Gasteiger partial charge in [0.2, 0.25) is 0 Å². The highest BCUT2D eigenvalue weighted by Gasteiger charge is 2.19. The Bertz CT molecular complexity index is 758. The molecule has 0 aliphatic carbocycles. The maximum absolute atomic E-state index is 12.5. The van der Waals surface area contributed by atoms with Crippen molar-refractivity contribution in [2.75, 3.05) is 5.32 Å².